The van der Waals surface area contributed by atoms with Crippen LogP contribution in [0.1, 0.15) is 10.4 Å². The van der Waals surface area contributed by atoms with Gasteiger partial charge in [0.25, 0.3) is 5.91 Å². The molecule has 8 heteroatoms. The zero-order valence-electron chi connectivity index (χ0n) is 13.0. The van der Waals surface area contributed by atoms with Gasteiger partial charge in [-0.05, 0) is 30.3 Å². The fourth-order valence-electron chi connectivity index (χ4n) is 1.95. The number of sulfonamides is 1. The van der Waals surface area contributed by atoms with E-state index in [0.717, 1.165) is 0 Å². The monoisotopic (exact) mass is 368 g/mol. The molecule has 0 saturated carbocycles. The van der Waals surface area contributed by atoms with E-state index >= 15 is 0 Å². The van der Waals surface area contributed by atoms with Crippen LogP contribution in [0.15, 0.2) is 53.4 Å². The fraction of sp³-hybridized carbons (Fsp3) is 0.188. The predicted molar refractivity (Wildman–Crippen MR) is 92.0 cm³/mol. The van der Waals surface area contributed by atoms with Crippen molar-refractivity contribution in [1.82, 2.24) is 10.0 Å². The maximum atomic E-state index is 12.2. The smallest absolute Gasteiger partial charge is 0.251 e. The maximum Gasteiger partial charge on any atom is 0.251 e. The van der Waals surface area contributed by atoms with Crippen LogP contribution in [0.25, 0.3) is 0 Å². The van der Waals surface area contributed by atoms with Gasteiger partial charge in [0.1, 0.15) is 5.75 Å². The molecule has 0 atom stereocenters. The summed E-state index contributed by atoms with van der Waals surface area (Å²) in [5.74, 6) is 0.132. The second kappa shape index (κ2) is 8.14. The highest BCUT2D eigenvalue weighted by Crippen LogP contribution is 2.26. The molecule has 128 valence electrons. The van der Waals surface area contributed by atoms with Crippen LogP contribution in [0.5, 0.6) is 5.75 Å². The van der Waals surface area contributed by atoms with Crippen molar-refractivity contribution in [3.63, 3.8) is 0 Å². The number of nitrogens with one attached hydrogen (secondary N) is 2. The van der Waals surface area contributed by atoms with Crippen molar-refractivity contribution < 1.29 is 17.9 Å². The highest BCUT2D eigenvalue weighted by molar-refractivity contribution is 7.89. The summed E-state index contributed by atoms with van der Waals surface area (Å²) in [6.45, 7) is 0.224. The van der Waals surface area contributed by atoms with Crippen LogP contribution in [0.3, 0.4) is 0 Å². The van der Waals surface area contributed by atoms with Crippen LogP contribution in [-0.2, 0) is 10.0 Å². The van der Waals surface area contributed by atoms with Crippen molar-refractivity contribution in [2.45, 2.75) is 4.90 Å². The Morgan fingerprint density at radius 1 is 1.12 bits per heavy atom. The van der Waals surface area contributed by atoms with Gasteiger partial charge in [-0.1, -0.05) is 29.8 Å². The van der Waals surface area contributed by atoms with E-state index in [0.29, 0.717) is 11.3 Å². The van der Waals surface area contributed by atoms with Crippen molar-refractivity contribution in [3.8, 4) is 5.75 Å². The molecule has 0 aliphatic carbocycles. The van der Waals surface area contributed by atoms with Crippen molar-refractivity contribution in [1.29, 1.82) is 0 Å². The number of amides is 1. The minimum absolute atomic E-state index is 0.0303. The Hall–Kier alpha value is -2.09. The predicted octanol–water partition coefficient (Wildman–Crippen LogP) is 2.06. The van der Waals surface area contributed by atoms with Gasteiger partial charge in [0, 0.05) is 18.7 Å². The van der Waals surface area contributed by atoms with E-state index in [1.165, 1.54) is 25.3 Å². The van der Waals surface area contributed by atoms with Crippen LogP contribution in [-0.4, -0.2) is 34.5 Å². The molecular formula is C16H17ClN2O4S. The molecule has 2 N–H and O–H groups in total. The first-order valence-corrected chi connectivity index (χ1v) is 8.96. The molecular weight excluding hydrogens is 352 g/mol. The summed E-state index contributed by atoms with van der Waals surface area (Å²) in [5, 5.41) is 2.85. The summed E-state index contributed by atoms with van der Waals surface area (Å²) in [7, 11) is -2.26. The number of carbonyl (C=O) groups excluding carboxylic acids is 1. The largest absolute Gasteiger partial charge is 0.495 e. The van der Waals surface area contributed by atoms with Crippen molar-refractivity contribution in [3.05, 3.63) is 59.1 Å². The fourth-order valence-corrected chi connectivity index (χ4v) is 3.33. The van der Waals surface area contributed by atoms with Crippen LogP contribution >= 0.6 is 11.6 Å². The van der Waals surface area contributed by atoms with Crippen LogP contribution < -0.4 is 14.8 Å². The average Bonchev–Trinajstić information content (AvgIpc) is 2.59. The molecule has 0 heterocycles. The normalized spacial score (nSPS) is 11.1. The molecule has 0 saturated heterocycles. The van der Waals surface area contributed by atoms with Gasteiger partial charge in [-0.15, -0.1) is 0 Å². The molecule has 2 rings (SSSR count). The summed E-state index contributed by atoms with van der Waals surface area (Å²) in [6.07, 6.45) is 0. The van der Waals surface area contributed by atoms with E-state index in [9.17, 15) is 13.2 Å². The summed E-state index contributed by atoms with van der Waals surface area (Å²) in [6, 6.07) is 12.9. The van der Waals surface area contributed by atoms with Crippen molar-refractivity contribution >= 4 is 27.5 Å². The van der Waals surface area contributed by atoms with E-state index in [1.807, 2.05) is 6.07 Å². The zero-order valence-corrected chi connectivity index (χ0v) is 14.5. The number of rotatable bonds is 7. The van der Waals surface area contributed by atoms with E-state index in [-0.39, 0.29) is 28.9 Å². The minimum Gasteiger partial charge on any atom is -0.495 e. The second-order valence-electron chi connectivity index (χ2n) is 4.82. The Morgan fingerprint density at radius 3 is 2.46 bits per heavy atom. The summed E-state index contributed by atoms with van der Waals surface area (Å²) >= 11 is 5.93. The third-order valence-corrected chi connectivity index (χ3v) is 4.93. The quantitative estimate of drug-likeness (QED) is 0.732. The minimum atomic E-state index is -3.71. The van der Waals surface area contributed by atoms with Gasteiger partial charge in [0.15, 0.2) is 0 Å². The van der Waals surface area contributed by atoms with Crippen LogP contribution in [0, 0.1) is 0 Å². The number of carbonyl (C=O) groups is 1. The molecule has 0 aliphatic heterocycles. The zero-order chi connectivity index (χ0) is 17.6. The lowest BCUT2D eigenvalue weighted by molar-refractivity contribution is 0.0954. The molecule has 0 unspecified atom stereocenters. The van der Waals surface area contributed by atoms with Gasteiger partial charge < -0.3 is 10.1 Å². The van der Waals surface area contributed by atoms with Gasteiger partial charge in [-0.25, -0.2) is 13.1 Å². The molecule has 2 aromatic rings. The summed E-state index contributed by atoms with van der Waals surface area (Å²) in [5.41, 5.74) is 0.516. The Labute approximate surface area is 145 Å². The van der Waals surface area contributed by atoms with Gasteiger partial charge in [0.2, 0.25) is 10.0 Å². The number of methoxy groups -OCH3 is 1. The topological polar surface area (TPSA) is 84.5 Å². The number of ether oxygens (including phenoxy) is 1. The van der Waals surface area contributed by atoms with Gasteiger partial charge in [0.05, 0.1) is 17.0 Å². The molecule has 1 amide bonds. The highest BCUT2D eigenvalue weighted by atomic mass is 35.5. The van der Waals surface area contributed by atoms with Crippen molar-refractivity contribution in [2.24, 2.45) is 0 Å². The first kappa shape index (κ1) is 18.3. The Balaban J connectivity index is 1.89. The molecule has 0 spiro atoms. The van der Waals surface area contributed by atoms with E-state index in [4.69, 9.17) is 16.3 Å². The van der Waals surface area contributed by atoms with Gasteiger partial charge in [-0.3, -0.25) is 4.79 Å². The number of hydrogen-bond donors (Lipinski definition) is 2. The summed E-state index contributed by atoms with van der Waals surface area (Å²) < 4.78 is 31.7. The standard InChI is InChI=1S/C16H17ClN2O4S/c1-23-15-8-7-13(11-14(15)17)24(21,22)19-10-9-18-16(20)12-5-3-2-4-6-12/h2-8,11,19H,9-10H2,1H3,(H,18,20). The maximum absolute atomic E-state index is 12.2. The lowest BCUT2D eigenvalue weighted by atomic mass is 10.2. The average molecular weight is 369 g/mol. The molecule has 2 aromatic carbocycles. The van der Waals surface area contributed by atoms with E-state index in [1.54, 1.807) is 24.3 Å². The van der Waals surface area contributed by atoms with Crippen LogP contribution in [0.2, 0.25) is 5.02 Å². The Morgan fingerprint density at radius 2 is 1.83 bits per heavy atom. The van der Waals surface area contributed by atoms with Gasteiger partial charge >= 0.3 is 0 Å². The molecule has 0 bridgehead atoms. The third kappa shape index (κ3) is 4.70. The Kier molecular flexibility index (Phi) is 6.19. The molecule has 0 aliphatic rings. The van der Waals surface area contributed by atoms with E-state index in [2.05, 4.69) is 10.0 Å². The molecule has 0 radical (unpaired) electrons. The number of halogens is 1. The van der Waals surface area contributed by atoms with Crippen LogP contribution in [0.4, 0.5) is 0 Å². The van der Waals surface area contributed by atoms with Crippen molar-refractivity contribution in [2.75, 3.05) is 20.2 Å². The third-order valence-electron chi connectivity index (χ3n) is 3.17. The van der Waals surface area contributed by atoms with E-state index < -0.39 is 10.0 Å². The first-order valence-electron chi connectivity index (χ1n) is 7.10. The second-order valence-corrected chi connectivity index (χ2v) is 6.99. The number of benzene rings is 2. The van der Waals surface area contributed by atoms with Gasteiger partial charge in [-0.2, -0.15) is 0 Å². The lowest BCUT2D eigenvalue weighted by Gasteiger charge is -2.09. The SMILES string of the molecule is COc1ccc(S(=O)(=O)NCCNC(=O)c2ccccc2)cc1Cl. The molecule has 0 aromatic heterocycles. The number of hydrogen-bond acceptors (Lipinski definition) is 4. The highest BCUT2D eigenvalue weighted by Gasteiger charge is 2.15. The Bertz CT molecular complexity index is 810. The molecule has 0 fully saturated rings. The molecule has 24 heavy (non-hydrogen) atoms. The lowest BCUT2D eigenvalue weighted by Crippen LogP contribution is -2.34. The summed E-state index contributed by atoms with van der Waals surface area (Å²) in [4.78, 5) is 11.9. The molecule has 6 nitrogen and oxygen atoms in total. The first-order chi connectivity index (χ1) is 11.4.